The van der Waals surface area contributed by atoms with Gasteiger partial charge < -0.3 is 8.60 Å². The Kier molecular flexibility index (Phi) is 3.26. The molecule has 0 amide bonds. The van der Waals surface area contributed by atoms with Crippen LogP contribution in [0.5, 0.6) is 5.75 Å². The van der Waals surface area contributed by atoms with Gasteiger partial charge in [-0.1, -0.05) is 11.3 Å². The summed E-state index contributed by atoms with van der Waals surface area (Å²) in [5.74, 6) is -0.538. The number of hydrogen-bond donors (Lipinski definition) is 0. The van der Waals surface area contributed by atoms with Crippen LogP contribution < -0.4 is 9.12 Å². The first-order valence-electron chi connectivity index (χ1n) is 5.68. The molecule has 0 radical (unpaired) electrons. The zero-order valence-electron chi connectivity index (χ0n) is 10.3. The first kappa shape index (κ1) is 13.8. The van der Waals surface area contributed by atoms with Gasteiger partial charge in [-0.25, -0.2) is 9.18 Å². The molecular formula is C13H7FO5S2. The highest BCUT2D eigenvalue weighted by molar-refractivity contribution is 7.87. The van der Waals surface area contributed by atoms with Crippen molar-refractivity contribution < 1.29 is 21.4 Å². The highest BCUT2D eigenvalue weighted by atomic mass is 32.2. The first-order valence-corrected chi connectivity index (χ1v) is 7.90. The highest BCUT2D eigenvalue weighted by Crippen LogP contribution is 2.25. The van der Waals surface area contributed by atoms with Crippen LogP contribution in [0.25, 0.3) is 10.3 Å². The zero-order valence-corrected chi connectivity index (χ0v) is 11.9. The molecule has 108 valence electrons. The van der Waals surface area contributed by atoms with Crippen molar-refractivity contribution in [3.63, 3.8) is 0 Å². The fourth-order valence-corrected chi connectivity index (χ4v) is 3.25. The second-order valence-corrected chi connectivity index (χ2v) is 6.58. The lowest BCUT2D eigenvalue weighted by Crippen LogP contribution is -2.09. The topological polar surface area (TPSA) is 73.6 Å². The molecule has 0 saturated heterocycles. The third-order valence-electron chi connectivity index (χ3n) is 2.61. The molecule has 0 aliphatic heterocycles. The highest BCUT2D eigenvalue weighted by Gasteiger charge is 2.17. The van der Waals surface area contributed by atoms with E-state index >= 15 is 0 Å². The summed E-state index contributed by atoms with van der Waals surface area (Å²) in [6, 6.07) is 8.51. The van der Waals surface area contributed by atoms with E-state index in [1.807, 2.05) is 0 Å². The summed E-state index contributed by atoms with van der Waals surface area (Å²) < 4.78 is 47.3. The maximum atomic E-state index is 12.8. The largest absolute Gasteiger partial charge is 0.414 e. The number of benzene rings is 2. The summed E-state index contributed by atoms with van der Waals surface area (Å²) in [6.45, 7) is 0. The van der Waals surface area contributed by atoms with Crippen LogP contribution in [-0.2, 0) is 10.1 Å². The van der Waals surface area contributed by atoms with Gasteiger partial charge in [0, 0.05) is 6.07 Å². The van der Waals surface area contributed by atoms with Gasteiger partial charge >= 0.3 is 15.1 Å². The minimum atomic E-state index is -4.07. The lowest BCUT2D eigenvalue weighted by molar-refractivity contribution is 0.485. The van der Waals surface area contributed by atoms with Crippen molar-refractivity contribution in [1.29, 1.82) is 0 Å². The molecule has 2 aromatic carbocycles. The fraction of sp³-hybridized carbons (Fsp3) is 0. The second-order valence-electron chi connectivity index (χ2n) is 4.05. The van der Waals surface area contributed by atoms with E-state index in [0.717, 1.165) is 35.6 Å². The molecule has 1 aromatic heterocycles. The third kappa shape index (κ3) is 2.81. The summed E-state index contributed by atoms with van der Waals surface area (Å²) in [5, 5.41) is 0. The standard InChI is InChI=1S/C13H7FO5S2/c14-8-1-4-10(5-2-8)21(16,17)19-9-3-6-12-11(7-9)18-13(15)20-12/h1-7H. The predicted octanol–water partition coefficient (Wildman–Crippen LogP) is 2.76. The molecule has 0 N–H and O–H groups in total. The van der Waals surface area contributed by atoms with E-state index in [1.54, 1.807) is 0 Å². The molecule has 0 spiro atoms. The van der Waals surface area contributed by atoms with Crippen molar-refractivity contribution in [2.45, 2.75) is 4.90 Å². The maximum absolute atomic E-state index is 12.8. The van der Waals surface area contributed by atoms with E-state index in [2.05, 4.69) is 0 Å². The average Bonchev–Trinajstić information content (AvgIpc) is 2.78. The van der Waals surface area contributed by atoms with Crippen LogP contribution in [0.15, 0.2) is 56.6 Å². The third-order valence-corrected chi connectivity index (χ3v) is 4.68. The van der Waals surface area contributed by atoms with Gasteiger partial charge in [0.2, 0.25) is 0 Å². The Labute approximate surface area is 122 Å². The molecule has 1 heterocycles. The van der Waals surface area contributed by atoms with Crippen molar-refractivity contribution >= 4 is 31.7 Å². The molecule has 8 heteroatoms. The van der Waals surface area contributed by atoms with Crippen molar-refractivity contribution in [1.82, 2.24) is 0 Å². The molecule has 0 fully saturated rings. The summed E-state index contributed by atoms with van der Waals surface area (Å²) in [7, 11) is -4.07. The van der Waals surface area contributed by atoms with Crippen LogP contribution in [0.4, 0.5) is 4.39 Å². The minimum Gasteiger partial charge on any atom is -0.414 e. The molecule has 5 nitrogen and oxygen atoms in total. The van der Waals surface area contributed by atoms with E-state index in [9.17, 15) is 17.6 Å². The normalized spacial score (nSPS) is 11.7. The Morgan fingerprint density at radius 2 is 1.81 bits per heavy atom. The van der Waals surface area contributed by atoms with Gasteiger partial charge in [-0.05, 0) is 36.4 Å². The molecule has 0 atom stereocenters. The van der Waals surface area contributed by atoms with E-state index in [0.29, 0.717) is 4.70 Å². The number of fused-ring (bicyclic) bond motifs is 1. The molecule has 0 unspecified atom stereocenters. The lowest BCUT2D eigenvalue weighted by Gasteiger charge is -2.06. The van der Waals surface area contributed by atoms with Crippen LogP contribution in [0.2, 0.25) is 0 Å². The van der Waals surface area contributed by atoms with Gasteiger partial charge in [-0.3, -0.25) is 0 Å². The van der Waals surface area contributed by atoms with Gasteiger partial charge in [0.05, 0.1) is 4.70 Å². The van der Waals surface area contributed by atoms with Gasteiger partial charge in [-0.2, -0.15) is 8.42 Å². The second kappa shape index (κ2) is 4.97. The van der Waals surface area contributed by atoms with Crippen molar-refractivity contribution in [2.75, 3.05) is 0 Å². The Hall–Kier alpha value is -2.19. The molecule has 0 aliphatic rings. The summed E-state index contributed by atoms with van der Waals surface area (Å²) in [4.78, 5) is 10.4. The van der Waals surface area contributed by atoms with E-state index in [-0.39, 0.29) is 16.2 Å². The Bertz CT molecular complexity index is 954. The quantitative estimate of drug-likeness (QED) is 0.692. The van der Waals surface area contributed by atoms with Crippen LogP contribution in [0.1, 0.15) is 0 Å². The maximum Gasteiger partial charge on any atom is 0.396 e. The Morgan fingerprint density at radius 1 is 1.10 bits per heavy atom. The molecule has 0 bridgehead atoms. The van der Waals surface area contributed by atoms with E-state index in [1.165, 1.54) is 18.2 Å². The molecule has 3 rings (SSSR count). The van der Waals surface area contributed by atoms with E-state index in [4.69, 9.17) is 8.60 Å². The smallest absolute Gasteiger partial charge is 0.396 e. The van der Waals surface area contributed by atoms with Crippen molar-refractivity contribution in [3.05, 3.63) is 58.0 Å². The van der Waals surface area contributed by atoms with Crippen molar-refractivity contribution in [3.8, 4) is 5.75 Å². The van der Waals surface area contributed by atoms with Crippen LogP contribution in [-0.4, -0.2) is 8.42 Å². The Morgan fingerprint density at radius 3 is 2.52 bits per heavy atom. The summed E-state index contributed by atoms with van der Waals surface area (Å²) >= 11 is 0.908. The van der Waals surface area contributed by atoms with Gasteiger partial charge in [0.15, 0.2) is 5.58 Å². The lowest BCUT2D eigenvalue weighted by atomic mass is 10.3. The number of rotatable bonds is 3. The summed E-state index contributed by atoms with van der Waals surface area (Å²) in [6.07, 6.45) is 0. The van der Waals surface area contributed by atoms with Gasteiger partial charge in [0.25, 0.3) is 0 Å². The van der Waals surface area contributed by atoms with Gasteiger partial charge in [0.1, 0.15) is 16.5 Å². The monoisotopic (exact) mass is 326 g/mol. The van der Waals surface area contributed by atoms with Crippen LogP contribution in [0.3, 0.4) is 0 Å². The molecule has 3 aromatic rings. The van der Waals surface area contributed by atoms with Crippen LogP contribution >= 0.6 is 11.3 Å². The molecule has 0 aliphatic carbocycles. The number of halogens is 1. The molecule has 21 heavy (non-hydrogen) atoms. The minimum absolute atomic E-state index is 0.00775. The summed E-state index contributed by atoms with van der Waals surface area (Å²) in [5.41, 5.74) is 0.247. The van der Waals surface area contributed by atoms with Gasteiger partial charge in [-0.15, -0.1) is 0 Å². The first-order chi connectivity index (χ1) is 9.94. The molecular weight excluding hydrogens is 319 g/mol. The fourth-order valence-electron chi connectivity index (χ4n) is 1.68. The average molecular weight is 326 g/mol. The van der Waals surface area contributed by atoms with Crippen molar-refractivity contribution in [2.24, 2.45) is 0 Å². The zero-order chi connectivity index (χ0) is 15.0. The SMILES string of the molecule is O=c1oc2cc(OS(=O)(=O)c3ccc(F)cc3)ccc2s1. The van der Waals surface area contributed by atoms with Crippen LogP contribution in [0, 0.1) is 5.82 Å². The molecule has 0 saturated carbocycles. The van der Waals surface area contributed by atoms with E-state index < -0.39 is 20.9 Å². The Balaban J connectivity index is 1.96. The predicted molar refractivity (Wildman–Crippen MR) is 74.6 cm³/mol. The number of hydrogen-bond acceptors (Lipinski definition) is 6.